The summed E-state index contributed by atoms with van der Waals surface area (Å²) in [5.41, 5.74) is 1.94. The number of rotatable bonds is 3. The Morgan fingerprint density at radius 2 is 2.12 bits per heavy atom. The molecule has 2 aliphatic rings. The molecular formula is C15H24O. The third-order valence-electron chi connectivity index (χ3n) is 4.39. The van der Waals surface area contributed by atoms with Gasteiger partial charge in [0.15, 0.2) is 0 Å². The number of ether oxygens (including phenoxy) is 1. The molecular weight excluding hydrogens is 196 g/mol. The van der Waals surface area contributed by atoms with Crippen LogP contribution in [0, 0.1) is 17.3 Å². The van der Waals surface area contributed by atoms with E-state index in [-0.39, 0.29) is 0 Å². The molecule has 90 valence electrons. The fraction of sp³-hybridized carbons (Fsp3) is 0.733. The lowest BCUT2D eigenvalue weighted by atomic mass is 9.53. The van der Waals surface area contributed by atoms with E-state index in [0.717, 1.165) is 18.3 Å². The van der Waals surface area contributed by atoms with Crippen molar-refractivity contribution in [1.29, 1.82) is 0 Å². The Bertz CT molecular complexity index is 297. The lowest BCUT2D eigenvalue weighted by molar-refractivity contribution is 0.0134. The maximum absolute atomic E-state index is 5.59. The van der Waals surface area contributed by atoms with Gasteiger partial charge in [0.1, 0.15) is 0 Å². The molecule has 0 saturated heterocycles. The van der Waals surface area contributed by atoms with Gasteiger partial charge in [0.25, 0.3) is 0 Å². The average molecular weight is 220 g/mol. The SMILES string of the molecule is C=C1CCC2(CC(C)C2)CC1C(=C)OCC. The van der Waals surface area contributed by atoms with E-state index in [1.165, 1.54) is 37.7 Å². The molecule has 0 aromatic rings. The summed E-state index contributed by atoms with van der Waals surface area (Å²) in [4.78, 5) is 0. The number of hydrogen-bond acceptors (Lipinski definition) is 1. The van der Waals surface area contributed by atoms with Crippen LogP contribution < -0.4 is 0 Å². The van der Waals surface area contributed by atoms with Crippen LogP contribution >= 0.6 is 0 Å². The fourth-order valence-corrected chi connectivity index (χ4v) is 3.70. The first-order valence-corrected chi connectivity index (χ1v) is 6.55. The Morgan fingerprint density at radius 3 is 2.69 bits per heavy atom. The van der Waals surface area contributed by atoms with E-state index >= 15 is 0 Å². The smallest absolute Gasteiger partial charge is 0.0959 e. The van der Waals surface area contributed by atoms with E-state index in [4.69, 9.17) is 4.74 Å². The summed E-state index contributed by atoms with van der Waals surface area (Å²) >= 11 is 0. The molecule has 1 atom stereocenters. The predicted octanol–water partition coefficient (Wildman–Crippen LogP) is 4.31. The zero-order valence-corrected chi connectivity index (χ0v) is 10.7. The molecule has 0 bridgehead atoms. The van der Waals surface area contributed by atoms with Gasteiger partial charge in [-0.3, -0.25) is 0 Å². The van der Waals surface area contributed by atoms with Crippen LogP contribution in [-0.4, -0.2) is 6.61 Å². The summed E-state index contributed by atoms with van der Waals surface area (Å²) in [6, 6.07) is 0. The van der Waals surface area contributed by atoms with Crippen molar-refractivity contribution in [2.45, 2.75) is 46.0 Å². The van der Waals surface area contributed by atoms with Crippen molar-refractivity contribution in [1.82, 2.24) is 0 Å². The normalized spacial score (nSPS) is 38.2. The molecule has 2 aliphatic carbocycles. The lowest BCUT2D eigenvalue weighted by Gasteiger charge is -2.52. The Balaban J connectivity index is 2.01. The average Bonchev–Trinajstić information content (AvgIpc) is 2.19. The first-order valence-electron chi connectivity index (χ1n) is 6.55. The molecule has 0 radical (unpaired) electrons. The van der Waals surface area contributed by atoms with E-state index in [2.05, 4.69) is 20.1 Å². The van der Waals surface area contributed by atoms with Crippen LogP contribution in [0.4, 0.5) is 0 Å². The minimum Gasteiger partial charge on any atom is -0.498 e. The Labute approximate surface area is 99.6 Å². The molecule has 0 N–H and O–H groups in total. The second-order valence-electron chi connectivity index (χ2n) is 5.83. The predicted molar refractivity (Wildman–Crippen MR) is 68.1 cm³/mol. The van der Waals surface area contributed by atoms with Crippen LogP contribution in [0.5, 0.6) is 0 Å². The van der Waals surface area contributed by atoms with Gasteiger partial charge < -0.3 is 4.74 Å². The number of allylic oxidation sites excluding steroid dienone is 1. The highest BCUT2D eigenvalue weighted by Crippen LogP contribution is 2.57. The monoisotopic (exact) mass is 220 g/mol. The molecule has 1 spiro atoms. The van der Waals surface area contributed by atoms with E-state index in [1.807, 2.05) is 6.92 Å². The highest BCUT2D eigenvalue weighted by Gasteiger charge is 2.46. The van der Waals surface area contributed by atoms with Crippen molar-refractivity contribution >= 4 is 0 Å². The van der Waals surface area contributed by atoms with E-state index in [9.17, 15) is 0 Å². The molecule has 0 aliphatic heterocycles. The first-order chi connectivity index (χ1) is 7.56. The van der Waals surface area contributed by atoms with Gasteiger partial charge in [-0.1, -0.05) is 25.7 Å². The molecule has 0 aromatic heterocycles. The lowest BCUT2D eigenvalue weighted by Crippen LogP contribution is -2.41. The maximum Gasteiger partial charge on any atom is 0.0959 e. The van der Waals surface area contributed by atoms with E-state index < -0.39 is 0 Å². The highest BCUT2D eigenvalue weighted by molar-refractivity contribution is 5.18. The van der Waals surface area contributed by atoms with Gasteiger partial charge in [-0.2, -0.15) is 0 Å². The third-order valence-corrected chi connectivity index (χ3v) is 4.39. The minimum absolute atomic E-state index is 0.418. The molecule has 2 rings (SSSR count). The second kappa shape index (κ2) is 4.27. The second-order valence-corrected chi connectivity index (χ2v) is 5.83. The molecule has 1 nitrogen and oxygen atoms in total. The van der Waals surface area contributed by atoms with Crippen molar-refractivity contribution in [3.05, 3.63) is 24.5 Å². The molecule has 2 saturated carbocycles. The Morgan fingerprint density at radius 1 is 1.44 bits per heavy atom. The number of hydrogen-bond donors (Lipinski definition) is 0. The summed E-state index contributed by atoms with van der Waals surface area (Å²) in [6.07, 6.45) is 6.54. The van der Waals surface area contributed by atoms with Crippen LogP contribution in [0.15, 0.2) is 24.5 Å². The van der Waals surface area contributed by atoms with Crippen LogP contribution in [0.25, 0.3) is 0 Å². The van der Waals surface area contributed by atoms with Crippen LogP contribution in [-0.2, 0) is 4.74 Å². The van der Waals surface area contributed by atoms with Crippen LogP contribution in [0.3, 0.4) is 0 Å². The highest BCUT2D eigenvalue weighted by atomic mass is 16.5. The van der Waals surface area contributed by atoms with Gasteiger partial charge in [-0.05, 0) is 50.4 Å². The fourth-order valence-electron chi connectivity index (χ4n) is 3.70. The van der Waals surface area contributed by atoms with E-state index in [1.54, 1.807) is 0 Å². The molecule has 0 aromatic carbocycles. The Hall–Kier alpha value is -0.720. The summed E-state index contributed by atoms with van der Waals surface area (Å²) in [7, 11) is 0. The standard InChI is InChI=1S/C15H24O/c1-5-16-13(4)14-10-15(7-6-12(14)3)8-11(2)9-15/h11,14H,3-10H2,1-2H3. The van der Waals surface area contributed by atoms with Gasteiger partial charge in [-0.15, -0.1) is 0 Å². The molecule has 0 heterocycles. The van der Waals surface area contributed by atoms with Gasteiger partial charge in [0.05, 0.1) is 12.4 Å². The van der Waals surface area contributed by atoms with Gasteiger partial charge in [0, 0.05) is 5.92 Å². The van der Waals surface area contributed by atoms with Gasteiger partial charge >= 0.3 is 0 Å². The van der Waals surface area contributed by atoms with Gasteiger partial charge in [0.2, 0.25) is 0 Å². The van der Waals surface area contributed by atoms with Crippen molar-refractivity contribution in [2.24, 2.45) is 17.3 Å². The minimum atomic E-state index is 0.418. The van der Waals surface area contributed by atoms with Gasteiger partial charge in [-0.25, -0.2) is 0 Å². The zero-order chi connectivity index (χ0) is 11.8. The zero-order valence-electron chi connectivity index (χ0n) is 10.7. The summed E-state index contributed by atoms with van der Waals surface area (Å²) in [5, 5.41) is 0. The molecule has 1 unspecified atom stereocenters. The Kier molecular flexibility index (Phi) is 3.14. The molecule has 2 fully saturated rings. The largest absolute Gasteiger partial charge is 0.498 e. The molecule has 1 heteroatoms. The van der Waals surface area contributed by atoms with Crippen LogP contribution in [0.2, 0.25) is 0 Å². The van der Waals surface area contributed by atoms with Crippen LogP contribution in [0.1, 0.15) is 46.0 Å². The summed E-state index contributed by atoms with van der Waals surface area (Å²) in [6.45, 7) is 13.4. The maximum atomic E-state index is 5.59. The van der Waals surface area contributed by atoms with Crippen molar-refractivity contribution in [3.8, 4) is 0 Å². The molecule has 0 amide bonds. The van der Waals surface area contributed by atoms with E-state index in [0.29, 0.717) is 11.3 Å². The summed E-state index contributed by atoms with van der Waals surface area (Å²) < 4.78 is 5.59. The van der Waals surface area contributed by atoms with Crippen molar-refractivity contribution in [2.75, 3.05) is 6.61 Å². The third kappa shape index (κ3) is 2.05. The quantitative estimate of drug-likeness (QED) is 0.508. The summed E-state index contributed by atoms with van der Waals surface area (Å²) in [5.74, 6) is 2.29. The van der Waals surface area contributed by atoms with Crippen molar-refractivity contribution in [3.63, 3.8) is 0 Å². The molecule has 16 heavy (non-hydrogen) atoms. The topological polar surface area (TPSA) is 9.23 Å². The first kappa shape index (κ1) is 11.8. The van der Waals surface area contributed by atoms with Crippen molar-refractivity contribution < 1.29 is 4.74 Å².